The number of amides is 1. The molecule has 1 aliphatic heterocycles. The van der Waals surface area contributed by atoms with Crippen LogP contribution < -0.4 is 4.74 Å². The average molecular weight is 438 g/mol. The molecule has 0 spiro atoms. The summed E-state index contributed by atoms with van der Waals surface area (Å²) in [4.78, 5) is 17.0. The van der Waals surface area contributed by atoms with Crippen LogP contribution in [0.3, 0.4) is 0 Å². The number of nitrogens with zero attached hydrogens (tertiary/aromatic N) is 3. The quantitative estimate of drug-likeness (QED) is 0.580. The van der Waals surface area contributed by atoms with E-state index in [-0.39, 0.29) is 11.7 Å². The third-order valence-electron chi connectivity index (χ3n) is 6.26. The summed E-state index contributed by atoms with van der Waals surface area (Å²) in [6, 6.07) is 14.3. The van der Waals surface area contributed by atoms with Crippen molar-refractivity contribution in [1.29, 1.82) is 5.26 Å². The van der Waals surface area contributed by atoms with E-state index < -0.39 is 0 Å². The van der Waals surface area contributed by atoms with Gasteiger partial charge in [0.25, 0.3) is 0 Å². The molecule has 0 aromatic heterocycles. The molecular weight excluding hydrogens is 405 g/mol. The molecule has 0 bridgehead atoms. The van der Waals surface area contributed by atoms with E-state index in [1.54, 1.807) is 12.1 Å². The van der Waals surface area contributed by atoms with Crippen molar-refractivity contribution < 1.29 is 13.9 Å². The number of hydrogen-bond donors (Lipinski definition) is 0. The summed E-state index contributed by atoms with van der Waals surface area (Å²) in [5, 5.41) is 9.13. The molecule has 1 aliphatic rings. The molecule has 3 rings (SSSR count). The SMILES string of the molecule is CCC(CCC(=O)N1CCN(CCOc2ccc(F)cc2)CC1)c1ccc(C#N)c(C)c1. The van der Waals surface area contributed by atoms with Crippen LogP contribution in [0.4, 0.5) is 4.39 Å². The minimum Gasteiger partial charge on any atom is -0.492 e. The predicted molar refractivity (Wildman–Crippen MR) is 123 cm³/mol. The molecule has 0 N–H and O–H groups in total. The lowest BCUT2D eigenvalue weighted by atomic mass is 9.89. The molecule has 0 aliphatic carbocycles. The highest BCUT2D eigenvalue weighted by Crippen LogP contribution is 2.27. The number of piperazine rings is 1. The summed E-state index contributed by atoms with van der Waals surface area (Å²) >= 11 is 0. The highest BCUT2D eigenvalue weighted by atomic mass is 19.1. The molecule has 1 saturated heterocycles. The second kappa shape index (κ2) is 11.6. The predicted octanol–water partition coefficient (Wildman–Crippen LogP) is 4.50. The first kappa shape index (κ1) is 23.7. The third-order valence-corrected chi connectivity index (χ3v) is 6.26. The zero-order valence-electron chi connectivity index (χ0n) is 19.0. The maximum Gasteiger partial charge on any atom is 0.222 e. The Morgan fingerprint density at radius 3 is 2.50 bits per heavy atom. The number of halogens is 1. The van der Waals surface area contributed by atoms with E-state index in [1.165, 1.54) is 17.7 Å². The molecule has 170 valence electrons. The van der Waals surface area contributed by atoms with Crippen LogP contribution in [0.5, 0.6) is 5.75 Å². The average Bonchev–Trinajstić information content (AvgIpc) is 2.81. The first-order valence-electron chi connectivity index (χ1n) is 11.4. The second-order valence-electron chi connectivity index (χ2n) is 8.35. The van der Waals surface area contributed by atoms with Gasteiger partial charge in [-0.3, -0.25) is 9.69 Å². The monoisotopic (exact) mass is 437 g/mol. The maximum atomic E-state index is 12.9. The number of carbonyl (C=O) groups excluding carboxylic acids is 1. The van der Waals surface area contributed by atoms with E-state index in [1.807, 2.05) is 24.0 Å². The summed E-state index contributed by atoms with van der Waals surface area (Å²) in [5.41, 5.74) is 2.91. The highest BCUT2D eigenvalue weighted by molar-refractivity contribution is 5.76. The molecule has 1 unspecified atom stereocenters. The van der Waals surface area contributed by atoms with Gasteiger partial charge in [0.15, 0.2) is 0 Å². The number of nitriles is 1. The molecule has 1 fully saturated rings. The lowest BCUT2D eigenvalue weighted by molar-refractivity contribution is -0.133. The summed E-state index contributed by atoms with van der Waals surface area (Å²) in [6.07, 6.45) is 2.35. The number of hydrogen-bond acceptors (Lipinski definition) is 4. The Bertz CT molecular complexity index is 931. The van der Waals surface area contributed by atoms with Crippen LogP contribution in [0, 0.1) is 24.1 Å². The van der Waals surface area contributed by atoms with Crippen LogP contribution in [0.25, 0.3) is 0 Å². The zero-order valence-corrected chi connectivity index (χ0v) is 19.0. The minimum atomic E-state index is -0.268. The first-order chi connectivity index (χ1) is 15.5. The van der Waals surface area contributed by atoms with Crippen LogP contribution in [-0.4, -0.2) is 55.0 Å². The Hall–Kier alpha value is -2.91. The Morgan fingerprint density at radius 2 is 1.88 bits per heavy atom. The van der Waals surface area contributed by atoms with Crippen LogP contribution in [0.15, 0.2) is 42.5 Å². The fourth-order valence-corrected chi connectivity index (χ4v) is 4.17. The minimum absolute atomic E-state index is 0.219. The molecule has 0 saturated carbocycles. The van der Waals surface area contributed by atoms with Crippen molar-refractivity contribution in [3.05, 3.63) is 65.0 Å². The third kappa shape index (κ3) is 6.54. The Kier molecular flexibility index (Phi) is 8.64. The van der Waals surface area contributed by atoms with Crippen LogP contribution in [0.1, 0.15) is 48.8 Å². The van der Waals surface area contributed by atoms with Crippen molar-refractivity contribution in [3.63, 3.8) is 0 Å². The topological polar surface area (TPSA) is 56.6 Å². The van der Waals surface area contributed by atoms with Gasteiger partial charge in [0, 0.05) is 39.1 Å². The Labute approximate surface area is 190 Å². The Balaban J connectivity index is 1.39. The number of rotatable bonds is 9. The van der Waals surface area contributed by atoms with Gasteiger partial charge in [0.05, 0.1) is 11.6 Å². The summed E-state index contributed by atoms with van der Waals surface area (Å²) < 4.78 is 18.6. The molecule has 1 atom stereocenters. The smallest absolute Gasteiger partial charge is 0.222 e. The van der Waals surface area contributed by atoms with Gasteiger partial charge in [0.2, 0.25) is 5.91 Å². The van der Waals surface area contributed by atoms with E-state index >= 15 is 0 Å². The highest BCUT2D eigenvalue weighted by Gasteiger charge is 2.22. The van der Waals surface area contributed by atoms with Crippen molar-refractivity contribution in [3.8, 4) is 11.8 Å². The normalized spacial score (nSPS) is 15.2. The molecular formula is C26H32FN3O2. The van der Waals surface area contributed by atoms with Crippen LogP contribution >= 0.6 is 0 Å². The molecule has 2 aromatic rings. The van der Waals surface area contributed by atoms with Crippen LogP contribution in [-0.2, 0) is 4.79 Å². The summed E-state index contributed by atoms with van der Waals surface area (Å²) in [7, 11) is 0. The van der Waals surface area contributed by atoms with Crippen molar-refractivity contribution in [2.24, 2.45) is 0 Å². The zero-order chi connectivity index (χ0) is 22.9. The molecule has 1 heterocycles. The molecule has 0 radical (unpaired) electrons. The van der Waals surface area contributed by atoms with Gasteiger partial charge in [-0.15, -0.1) is 0 Å². The lowest BCUT2D eigenvalue weighted by Crippen LogP contribution is -2.49. The van der Waals surface area contributed by atoms with Crippen molar-refractivity contribution in [1.82, 2.24) is 9.80 Å². The molecule has 2 aromatic carbocycles. The van der Waals surface area contributed by atoms with Gasteiger partial charge in [0.1, 0.15) is 18.2 Å². The fourth-order valence-electron chi connectivity index (χ4n) is 4.17. The van der Waals surface area contributed by atoms with E-state index in [4.69, 9.17) is 10.00 Å². The largest absolute Gasteiger partial charge is 0.492 e. The van der Waals surface area contributed by atoms with Crippen molar-refractivity contribution >= 4 is 5.91 Å². The second-order valence-corrected chi connectivity index (χ2v) is 8.35. The van der Waals surface area contributed by atoms with E-state index in [2.05, 4.69) is 24.0 Å². The number of benzene rings is 2. The van der Waals surface area contributed by atoms with Crippen molar-refractivity contribution in [2.75, 3.05) is 39.3 Å². The van der Waals surface area contributed by atoms with Crippen LogP contribution in [0.2, 0.25) is 0 Å². The molecule has 32 heavy (non-hydrogen) atoms. The lowest BCUT2D eigenvalue weighted by Gasteiger charge is -2.35. The summed E-state index contributed by atoms with van der Waals surface area (Å²) in [5.74, 6) is 0.949. The van der Waals surface area contributed by atoms with E-state index in [0.717, 1.165) is 51.1 Å². The maximum absolute atomic E-state index is 12.9. The van der Waals surface area contributed by atoms with E-state index in [9.17, 15) is 9.18 Å². The standard InChI is InChI=1S/C26H32FN3O2/c1-3-21(22-4-5-23(19-28)20(2)18-22)6-11-26(31)30-14-12-29(13-15-30)16-17-32-25-9-7-24(27)8-10-25/h4-5,7-10,18,21H,3,6,11-17H2,1-2H3. The van der Waals surface area contributed by atoms with Crippen molar-refractivity contribution in [2.45, 2.75) is 39.0 Å². The molecule has 1 amide bonds. The molecule has 6 heteroatoms. The number of ether oxygens (including phenoxy) is 1. The van der Waals surface area contributed by atoms with Gasteiger partial charge in [-0.25, -0.2) is 4.39 Å². The van der Waals surface area contributed by atoms with Gasteiger partial charge in [-0.1, -0.05) is 19.1 Å². The van der Waals surface area contributed by atoms with Gasteiger partial charge in [-0.05, 0) is 67.1 Å². The van der Waals surface area contributed by atoms with Gasteiger partial charge < -0.3 is 9.64 Å². The Morgan fingerprint density at radius 1 is 1.16 bits per heavy atom. The number of aryl methyl sites for hydroxylation is 1. The van der Waals surface area contributed by atoms with Gasteiger partial charge in [-0.2, -0.15) is 5.26 Å². The number of carbonyl (C=O) groups is 1. The van der Waals surface area contributed by atoms with Gasteiger partial charge >= 0.3 is 0 Å². The van der Waals surface area contributed by atoms with E-state index in [0.29, 0.717) is 30.3 Å². The molecule has 5 nitrogen and oxygen atoms in total. The fraction of sp³-hybridized carbons (Fsp3) is 0.462. The summed E-state index contributed by atoms with van der Waals surface area (Å²) in [6.45, 7) is 8.59. The first-order valence-corrected chi connectivity index (χ1v) is 11.4.